The predicted molar refractivity (Wildman–Crippen MR) is 37.6 cm³/mol. The molecule has 0 radical (unpaired) electrons. The smallest absolute Gasteiger partial charge is 0.231 e. The summed E-state index contributed by atoms with van der Waals surface area (Å²) in [4.78, 5) is 4.16. The lowest BCUT2D eigenvalue weighted by molar-refractivity contribution is 0.0619. The highest BCUT2D eigenvalue weighted by Gasteiger charge is 2.36. The molecule has 56 valence electrons. The van der Waals surface area contributed by atoms with E-state index in [1.54, 1.807) is 6.21 Å². The molecule has 4 heteroatoms. The molecule has 0 amide bonds. The first kappa shape index (κ1) is 5.23. The van der Waals surface area contributed by atoms with E-state index in [1.165, 1.54) is 0 Å². The van der Waals surface area contributed by atoms with E-state index in [0.717, 1.165) is 17.2 Å². The summed E-state index contributed by atoms with van der Waals surface area (Å²) in [6.07, 6.45) is 3.61. The fourth-order valence-corrected chi connectivity index (χ4v) is 1.41. The van der Waals surface area contributed by atoms with Gasteiger partial charge in [-0.05, 0) is 6.08 Å². The van der Waals surface area contributed by atoms with Crippen LogP contribution in [0.25, 0.3) is 0 Å². The number of nitrogens with one attached hydrogen (secondary N) is 1. The van der Waals surface area contributed by atoms with Crippen LogP contribution in [-0.4, -0.2) is 19.2 Å². The Kier molecular flexibility index (Phi) is 0.753. The molecular weight excluding hydrogens is 144 g/mol. The largest absolute Gasteiger partial charge is 0.454 e. The van der Waals surface area contributed by atoms with Crippen LogP contribution < -0.4 is 5.32 Å². The summed E-state index contributed by atoms with van der Waals surface area (Å²) in [5, 5.41) is 3.13. The van der Waals surface area contributed by atoms with Crippen LogP contribution in [0.4, 0.5) is 0 Å². The van der Waals surface area contributed by atoms with Crippen molar-refractivity contribution in [2.24, 2.45) is 4.99 Å². The van der Waals surface area contributed by atoms with Crippen LogP contribution in [0.5, 0.6) is 0 Å². The summed E-state index contributed by atoms with van der Waals surface area (Å²) in [5.41, 5.74) is 0.984. The fraction of sp³-hybridized carbons (Fsp3) is 0.286. The molecule has 3 heterocycles. The van der Waals surface area contributed by atoms with Gasteiger partial charge in [-0.3, -0.25) is 4.99 Å². The minimum Gasteiger partial charge on any atom is -0.454 e. The molecule has 2 bridgehead atoms. The normalized spacial score (nSPS) is 30.5. The molecule has 0 aromatic carbocycles. The van der Waals surface area contributed by atoms with Crippen LogP contribution in [0.2, 0.25) is 0 Å². The molecule has 0 fully saturated rings. The molecule has 3 aliphatic heterocycles. The Labute approximate surface area is 63.2 Å². The minimum absolute atomic E-state index is 0.0347. The number of rotatable bonds is 0. The maximum atomic E-state index is 5.24. The number of fused-ring (bicyclic) bond motifs is 4. The minimum atomic E-state index is -0.0347. The molecule has 0 aromatic heterocycles. The summed E-state index contributed by atoms with van der Waals surface area (Å²) in [6, 6.07) is 0. The van der Waals surface area contributed by atoms with E-state index in [-0.39, 0.29) is 6.17 Å². The average Bonchev–Trinajstić information content (AvgIpc) is 2.58. The van der Waals surface area contributed by atoms with Gasteiger partial charge in [-0.15, -0.1) is 0 Å². The molecule has 4 nitrogen and oxygen atoms in total. The van der Waals surface area contributed by atoms with Crippen LogP contribution in [0.15, 0.2) is 28.3 Å². The standard InChI is InChI=1S/C7H6N2O2/c1-2-8-7-6-5(4(1)9-7)10-3-11-6/h1-2,7,9H,3H2. The van der Waals surface area contributed by atoms with Crippen molar-refractivity contribution in [2.45, 2.75) is 6.17 Å². The topological polar surface area (TPSA) is 42.9 Å². The van der Waals surface area contributed by atoms with Crippen molar-refractivity contribution in [1.82, 2.24) is 5.32 Å². The van der Waals surface area contributed by atoms with Gasteiger partial charge in [0.15, 0.2) is 17.7 Å². The van der Waals surface area contributed by atoms with Gasteiger partial charge < -0.3 is 14.8 Å². The molecule has 0 spiro atoms. The molecule has 1 unspecified atom stereocenters. The zero-order chi connectivity index (χ0) is 7.26. The lowest BCUT2D eigenvalue weighted by Crippen LogP contribution is -2.26. The molecule has 11 heavy (non-hydrogen) atoms. The zero-order valence-corrected chi connectivity index (χ0v) is 5.70. The maximum absolute atomic E-state index is 5.24. The van der Waals surface area contributed by atoms with Crippen LogP contribution in [0, 0.1) is 0 Å². The summed E-state index contributed by atoms with van der Waals surface area (Å²) in [6.45, 7) is 0.329. The highest BCUT2D eigenvalue weighted by atomic mass is 16.7. The molecule has 0 aromatic rings. The van der Waals surface area contributed by atoms with Gasteiger partial charge in [-0.1, -0.05) is 0 Å². The molecule has 1 N–H and O–H groups in total. The Morgan fingerprint density at radius 1 is 1.55 bits per heavy atom. The highest BCUT2D eigenvalue weighted by molar-refractivity contribution is 5.76. The van der Waals surface area contributed by atoms with Crippen molar-refractivity contribution in [3.8, 4) is 0 Å². The quantitative estimate of drug-likeness (QED) is 0.532. The average molecular weight is 150 g/mol. The number of aliphatic imine (C=N–C) groups is 1. The van der Waals surface area contributed by atoms with Gasteiger partial charge in [0.25, 0.3) is 0 Å². The first-order valence-electron chi connectivity index (χ1n) is 3.45. The number of ether oxygens (including phenoxy) is 2. The Balaban J connectivity index is 2.16. The number of nitrogens with zero attached hydrogens (tertiary/aromatic N) is 1. The summed E-state index contributed by atoms with van der Waals surface area (Å²) < 4.78 is 10.5. The first-order valence-corrected chi connectivity index (χ1v) is 3.45. The second-order valence-corrected chi connectivity index (χ2v) is 2.53. The van der Waals surface area contributed by atoms with Crippen LogP contribution in [0.1, 0.15) is 0 Å². The third-order valence-electron chi connectivity index (χ3n) is 1.90. The molecule has 1 atom stereocenters. The van der Waals surface area contributed by atoms with Gasteiger partial charge in [0.05, 0.1) is 5.70 Å². The van der Waals surface area contributed by atoms with Gasteiger partial charge >= 0.3 is 0 Å². The van der Waals surface area contributed by atoms with Crippen molar-refractivity contribution >= 4 is 6.21 Å². The molecule has 3 aliphatic rings. The van der Waals surface area contributed by atoms with E-state index in [2.05, 4.69) is 10.3 Å². The third-order valence-corrected chi connectivity index (χ3v) is 1.90. The van der Waals surface area contributed by atoms with Gasteiger partial charge in [-0.25, -0.2) is 0 Å². The van der Waals surface area contributed by atoms with Crippen molar-refractivity contribution in [1.29, 1.82) is 0 Å². The SMILES string of the molecule is C1=NC2NC(=C1)C1=C2OCO1. The maximum Gasteiger partial charge on any atom is 0.231 e. The van der Waals surface area contributed by atoms with Crippen molar-refractivity contribution < 1.29 is 9.47 Å². The number of allylic oxidation sites excluding steroid dienone is 1. The van der Waals surface area contributed by atoms with Gasteiger partial charge in [0, 0.05) is 6.21 Å². The van der Waals surface area contributed by atoms with Crippen LogP contribution >= 0.6 is 0 Å². The Morgan fingerprint density at radius 2 is 2.55 bits per heavy atom. The summed E-state index contributed by atoms with van der Waals surface area (Å²) >= 11 is 0. The van der Waals surface area contributed by atoms with Crippen molar-refractivity contribution in [3.63, 3.8) is 0 Å². The molecule has 3 rings (SSSR count). The van der Waals surface area contributed by atoms with E-state index < -0.39 is 0 Å². The predicted octanol–water partition coefficient (Wildman–Crippen LogP) is 0.0999. The van der Waals surface area contributed by atoms with Crippen molar-refractivity contribution in [2.75, 3.05) is 6.79 Å². The molecular formula is C7H6N2O2. The monoisotopic (exact) mass is 150 g/mol. The van der Waals surface area contributed by atoms with Crippen LogP contribution in [0.3, 0.4) is 0 Å². The zero-order valence-electron chi connectivity index (χ0n) is 5.70. The second-order valence-electron chi connectivity index (χ2n) is 2.53. The Morgan fingerprint density at radius 3 is 3.55 bits per heavy atom. The Bertz CT molecular complexity index is 304. The lowest BCUT2D eigenvalue weighted by Gasteiger charge is -2.13. The van der Waals surface area contributed by atoms with Gasteiger partial charge in [-0.2, -0.15) is 0 Å². The van der Waals surface area contributed by atoms with Crippen LogP contribution in [-0.2, 0) is 9.47 Å². The number of hydrogen-bond acceptors (Lipinski definition) is 4. The molecule has 0 saturated carbocycles. The fourth-order valence-electron chi connectivity index (χ4n) is 1.41. The highest BCUT2D eigenvalue weighted by Crippen LogP contribution is 2.32. The van der Waals surface area contributed by atoms with Gasteiger partial charge in [0.1, 0.15) is 0 Å². The van der Waals surface area contributed by atoms with Gasteiger partial charge in [0.2, 0.25) is 6.79 Å². The van der Waals surface area contributed by atoms with E-state index >= 15 is 0 Å². The van der Waals surface area contributed by atoms with Crippen molar-refractivity contribution in [3.05, 3.63) is 23.3 Å². The number of hydrogen-bond donors (Lipinski definition) is 1. The second kappa shape index (κ2) is 1.58. The Hall–Kier alpha value is -1.45. The lowest BCUT2D eigenvalue weighted by atomic mass is 10.4. The first-order chi connectivity index (χ1) is 5.45. The summed E-state index contributed by atoms with van der Waals surface area (Å²) in [7, 11) is 0. The molecule has 0 saturated heterocycles. The van der Waals surface area contributed by atoms with E-state index in [9.17, 15) is 0 Å². The van der Waals surface area contributed by atoms with E-state index in [4.69, 9.17) is 9.47 Å². The summed E-state index contributed by atoms with van der Waals surface area (Å²) in [5.74, 6) is 1.65. The van der Waals surface area contributed by atoms with E-state index in [0.29, 0.717) is 6.79 Å². The van der Waals surface area contributed by atoms with E-state index in [1.807, 2.05) is 6.08 Å². The molecule has 0 aliphatic carbocycles. The third kappa shape index (κ3) is 0.520.